The van der Waals surface area contributed by atoms with E-state index >= 15 is 0 Å². The summed E-state index contributed by atoms with van der Waals surface area (Å²) in [6, 6.07) is 6.35. The Morgan fingerprint density at radius 2 is 1.71 bits per heavy atom. The van der Waals surface area contributed by atoms with Gasteiger partial charge in [0.15, 0.2) is 0 Å². The van der Waals surface area contributed by atoms with Gasteiger partial charge < -0.3 is 10.5 Å². The maximum absolute atomic E-state index is 12.5. The molecular formula is C15H22N2O3S. The smallest absolute Gasteiger partial charge is 0.243 e. The van der Waals surface area contributed by atoms with Crippen LogP contribution < -0.4 is 10.5 Å². The van der Waals surface area contributed by atoms with Crippen LogP contribution in [0.25, 0.3) is 0 Å². The zero-order valence-corrected chi connectivity index (χ0v) is 12.9. The van der Waals surface area contributed by atoms with E-state index in [1.165, 1.54) is 16.4 Å². The Kier molecular flexibility index (Phi) is 7.14. The molecule has 0 radical (unpaired) electrons. The van der Waals surface area contributed by atoms with Gasteiger partial charge in [-0.3, -0.25) is 0 Å². The summed E-state index contributed by atoms with van der Waals surface area (Å²) in [5.74, 6) is 0.626. The molecular weight excluding hydrogens is 288 g/mol. The van der Waals surface area contributed by atoms with Gasteiger partial charge in [-0.05, 0) is 37.2 Å². The molecule has 2 N–H and O–H groups in total. The summed E-state index contributed by atoms with van der Waals surface area (Å²) in [5, 5.41) is 0. The predicted molar refractivity (Wildman–Crippen MR) is 84.8 cm³/mol. The lowest BCUT2D eigenvalue weighted by atomic mass is 10.3. The Balaban J connectivity index is 2.87. The first-order valence-corrected chi connectivity index (χ1v) is 8.15. The van der Waals surface area contributed by atoms with Crippen LogP contribution >= 0.6 is 0 Å². The van der Waals surface area contributed by atoms with E-state index in [1.807, 2.05) is 0 Å². The van der Waals surface area contributed by atoms with Crippen molar-refractivity contribution in [2.24, 2.45) is 5.73 Å². The first-order chi connectivity index (χ1) is 10.1. The van der Waals surface area contributed by atoms with Gasteiger partial charge >= 0.3 is 0 Å². The Morgan fingerprint density at radius 3 is 2.19 bits per heavy atom. The molecule has 0 bridgehead atoms. The van der Waals surface area contributed by atoms with E-state index in [9.17, 15) is 8.42 Å². The number of nitrogens with zero attached hydrogens (tertiary/aromatic N) is 1. The third-order valence-electron chi connectivity index (χ3n) is 2.74. The molecule has 0 saturated carbocycles. The van der Waals surface area contributed by atoms with Gasteiger partial charge in [-0.15, -0.1) is 13.2 Å². The van der Waals surface area contributed by atoms with E-state index in [2.05, 4.69) is 13.2 Å². The number of rotatable bonds is 10. The van der Waals surface area contributed by atoms with Crippen molar-refractivity contribution >= 4 is 10.0 Å². The Labute approximate surface area is 126 Å². The monoisotopic (exact) mass is 310 g/mol. The molecule has 0 atom stereocenters. The second kappa shape index (κ2) is 8.61. The number of nitrogens with two attached hydrogens (primary N) is 1. The molecule has 0 aliphatic rings. The molecule has 21 heavy (non-hydrogen) atoms. The molecule has 1 rings (SSSR count). The number of hydrogen-bond donors (Lipinski definition) is 1. The summed E-state index contributed by atoms with van der Waals surface area (Å²) in [6.45, 7) is 8.70. The Bertz CT molecular complexity index is 543. The van der Waals surface area contributed by atoms with Gasteiger partial charge in [-0.1, -0.05) is 12.2 Å². The van der Waals surface area contributed by atoms with Crippen LogP contribution in [0.5, 0.6) is 5.75 Å². The van der Waals surface area contributed by atoms with Crippen molar-refractivity contribution in [1.82, 2.24) is 4.31 Å². The highest BCUT2D eigenvalue weighted by atomic mass is 32.2. The molecule has 0 amide bonds. The van der Waals surface area contributed by atoms with Crippen LogP contribution in [0.2, 0.25) is 0 Å². The molecule has 116 valence electrons. The Hall–Kier alpha value is -1.63. The van der Waals surface area contributed by atoms with Gasteiger partial charge in [-0.25, -0.2) is 8.42 Å². The van der Waals surface area contributed by atoms with Crippen molar-refractivity contribution in [1.29, 1.82) is 0 Å². The third-order valence-corrected chi connectivity index (χ3v) is 4.59. The summed E-state index contributed by atoms with van der Waals surface area (Å²) in [6.07, 6.45) is 3.85. The molecule has 1 aromatic carbocycles. The van der Waals surface area contributed by atoms with Crippen molar-refractivity contribution < 1.29 is 13.2 Å². The molecule has 0 fully saturated rings. The van der Waals surface area contributed by atoms with Crippen LogP contribution in [0.1, 0.15) is 6.42 Å². The third kappa shape index (κ3) is 5.00. The highest BCUT2D eigenvalue weighted by Gasteiger charge is 2.22. The maximum atomic E-state index is 12.5. The van der Waals surface area contributed by atoms with Gasteiger partial charge in [0.05, 0.1) is 11.5 Å². The topological polar surface area (TPSA) is 72.6 Å². The van der Waals surface area contributed by atoms with Crippen molar-refractivity contribution in [2.45, 2.75) is 11.3 Å². The fraction of sp³-hybridized carbons (Fsp3) is 0.333. The van der Waals surface area contributed by atoms with Crippen molar-refractivity contribution in [3.05, 3.63) is 49.6 Å². The second-order valence-electron chi connectivity index (χ2n) is 4.36. The first kappa shape index (κ1) is 17.4. The number of hydrogen-bond acceptors (Lipinski definition) is 4. The lowest BCUT2D eigenvalue weighted by molar-refractivity contribution is 0.313. The van der Waals surface area contributed by atoms with Crippen molar-refractivity contribution in [3.63, 3.8) is 0 Å². The van der Waals surface area contributed by atoms with Gasteiger partial charge in [0, 0.05) is 13.1 Å². The standard InChI is InChI=1S/C15H22N2O3S/c1-3-11-17(12-4-2)21(18,19)15-8-6-14(7-9-15)20-13-5-10-16/h3-4,6-9H,1-2,5,10-13,16H2. The van der Waals surface area contributed by atoms with Gasteiger partial charge in [0.1, 0.15) is 5.75 Å². The molecule has 0 aliphatic heterocycles. The zero-order chi connectivity index (χ0) is 15.7. The molecule has 6 heteroatoms. The van der Waals surface area contributed by atoms with Gasteiger partial charge in [0.25, 0.3) is 0 Å². The molecule has 0 aromatic heterocycles. The highest BCUT2D eigenvalue weighted by Crippen LogP contribution is 2.19. The van der Waals surface area contributed by atoms with Crippen LogP contribution in [0.3, 0.4) is 0 Å². The molecule has 0 spiro atoms. The van der Waals surface area contributed by atoms with E-state index in [0.717, 1.165) is 6.42 Å². The SMILES string of the molecule is C=CCN(CC=C)S(=O)(=O)c1ccc(OCCCN)cc1. The minimum atomic E-state index is -3.55. The van der Waals surface area contributed by atoms with Crippen LogP contribution in [0.4, 0.5) is 0 Å². The summed E-state index contributed by atoms with van der Waals surface area (Å²) in [7, 11) is -3.55. The summed E-state index contributed by atoms with van der Waals surface area (Å²) < 4.78 is 31.7. The lowest BCUT2D eigenvalue weighted by Crippen LogP contribution is -2.31. The molecule has 5 nitrogen and oxygen atoms in total. The average molecular weight is 310 g/mol. The molecule has 1 aromatic rings. The van der Waals surface area contributed by atoms with Crippen LogP contribution in [-0.2, 0) is 10.0 Å². The summed E-state index contributed by atoms with van der Waals surface area (Å²) in [4.78, 5) is 0.220. The first-order valence-electron chi connectivity index (χ1n) is 6.71. The zero-order valence-electron chi connectivity index (χ0n) is 12.1. The number of sulfonamides is 1. The normalized spacial score (nSPS) is 11.3. The summed E-state index contributed by atoms with van der Waals surface area (Å²) >= 11 is 0. The van der Waals surface area contributed by atoms with E-state index in [0.29, 0.717) is 18.9 Å². The fourth-order valence-corrected chi connectivity index (χ4v) is 3.07. The Morgan fingerprint density at radius 1 is 1.14 bits per heavy atom. The average Bonchev–Trinajstić information content (AvgIpc) is 2.48. The lowest BCUT2D eigenvalue weighted by Gasteiger charge is -2.19. The summed E-state index contributed by atoms with van der Waals surface area (Å²) in [5.41, 5.74) is 5.38. The van der Waals surface area contributed by atoms with Crippen LogP contribution in [0, 0.1) is 0 Å². The van der Waals surface area contributed by atoms with Crippen molar-refractivity contribution in [2.75, 3.05) is 26.2 Å². The van der Waals surface area contributed by atoms with Gasteiger partial charge in [0.2, 0.25) is 10.0 Å². The minimum absolute atomic E-state index is 0.220. The largest absolute Gasteiger partial charge is 0.494 e. The van der Waals surface area contributed by atoms with Gasteiger partial charge in [-0.2, -0.15) is 4.31 Å². The van der Waals surface area contributed by atoms with E-state index < -0.39 is 10.0 Å². The quantitative estimate of drug-likeness (QED) is 0.528. The maximum Gasteiger partial charge on any atom is 0.243 e. The van der Waals surface area contributed by atoms with E-state index in [4.69, 9.17) is 10.5 Å². The molecule has 0 saturated heterocycles. The van der Waals surface area contributed by atoms with E-state index in [1.54, 1.807) is 24.3 Å². The fourth-order valence-electron chi connectivity index (χ4n) is 1.69. The molecule has 0 heterocycles. The highest BCUT2D eigenvalue weighted by molar-refractivity contribution is 7.89. The minimum Gasteiger partial charge on any atom is -0.494 e. The molecule has 0 unspecified atom stereocenters. The molecule has 0 aliphatic carbocycles. The second-order valence-corrected chi connectivity index (χ2v) is 6.30. The van der Waals surface area contributed by atoms with Crippen molar-refractivity contribution in [3.8, 4) is 5.75 Å². The number of benzene rings is 1. The number of ether oxygens (including phenoxy) is 1. The predicted octanol–water partition coefficient (Wildman–Crippen LogP) is 1.78. The van der Waals surface area contributed by atoms with Crippen LogP contribution in [0.15, 0.2) is 54.5 Å². The van der Waals surface area contributed by atoms with E-state index in [-0.39, 0.29) is 18.0 Å². The van der Waals surface area contributed by atoms with Crippen LogP contribution in [-0.4, -0.2) is 39.0 Å².